The SMILES string of the molecule is Cc1cc(-c2csc(CCc3ccccc3)n2)c(C)n1NC(=O)c1nn(C)c(=O)c2ccccc12. The van der Waals surface area contributed by atoms with E-state index in [9.17, 15) is 9.59 Å². The van der Waals surface area contributed by atoms with Crippen LogP contribution in [0.25, 0.3) is 22.0 Å². The van der Waals surface area contributed by atoms with Crippen LogP contribution < -0.4 is 11.0 Å². The van der Waals surface area contributed by atoms with E-state index in [1.165, 1.54) is 10.2 Å². The van der Waals surface area contributed by atoms with Gasteiger partial charge in [-0.3, -0.25) is 19.7 Å². The van der Waals surface area contributed by atoms with Gasteiger partial charge in [-0.25, -0.2) is 9.67 Å². The number of hydrogen-bond donors (Lipinski definition) is 1. The van der Waals surface area contributed by atoms with Crippen molar-refractivity contribution in [3.63, 3.8) is 0 Å². The molecule has 176 valence electrons. The largest absolute Gasteiger partial charge is 0.291 e. The summed E-state index contributed by atoms with van der Waals surface area (Å²) in [5, 5.41) is 8.37. The van der Waals surface area contributed by atoms with E-state index in [-0.39, 0.29) is 17.2 Å². The molecule has 0 bridgehead atoms. The third-order valence-corrected chi connectivity index (χ3v) is 7.02. The minimum atomic E-state index is -0.382. The smallest absolute Gasteiger partial charge is 0.267 e. The van der Waals surface area contributed by atoms with Gasteiger partial charge in [0.1, 0.15) is 0 Å². The lowest BCUT2D eigenvalue weighted by Crippen LogP contribution is -2.29. The number of carbonyl (C=O) groups excluding carboxylic acids is 1. The molecule has 0 aliphatic rings. The molecule has 5 aromatic rings. The number of fused-ring (bicyclic) bond motifs is 1. The molecule has 3 aromatic heterocycles. The van der Waals surface area contributed by atoms with E-state index in [2.05, 4.69) is 40.2 Å². The lowest BCUT2D eigenvalue weighted by atomic mass is 10.1. The highest BCUT2D eigenvalue weighted by molar-refractivity contribution is 7.09. The summed E-state index contributed by atoms with van der Waals surface area (Å²) in [6, 6.07) is 19.4. The molecule has 0 fully saturated rings. The van der Waals surface area contributed by atoms with E-state index < -0.39 is 0 Å². The minimum absolute atomic E-state index is 0.202. The van der Waals surface area contributed by atoms with Crippen molar-refractivity contribution in [1.29, 1.82) is 0 Å². The van der Waals surface area contributed by atoms with Gasteiger partial charge in [-0.15, -0.1) is 11.3 Å². The highest BCUT2D eigenvalue weighted by atomic mass is 32.1. The minimum Gasteiger partial charge on any atom is -0.267 e. The fourth-order valence-electron chi connectivity index (χ4n) is 4.26. The Labute approximate surface area is 206 Å². The van der Waals surface area contributed by atoms with E-state index in [1.807, 2.05) is 26.0 Å². The Bertz CT molecular complexity index is 1600. The molecule has 1 N–H and O–H groups in total. The van der Waals surface area contributed by atoms with Gasteiger partial charge in [0, 0.05) is 41.2 Å². The molecule has 1 amide bonds. The van der Waals surface area contributed by atoms with Crippen molar-refractivity contribution in [3.05, 3.63) is 104 Å². The number of rotatable bonds is 6. The zero-order valence-electron chi connectivity index (χ0n) is 19.8. The second-order valence-corrected chi connectivity index (χ2v) is 9.44. The molecular weight excluding hydrogens is 458 g/mol. The molecule has 8 heteroatoms. The fourth-order valence-corrected chi connectivity index (χ4v) is 5.06. The van der Waals surface area contributed by atoms with Gasteiger partial charge in [-0.1, -0.05) is 48.5 Å². The summed E-state index contributed by atoms with van der Waals surface area (Å²) < 4.78 is 2.95. The van der Waals surface area contributed by atoms with Gasteiger partial charge in [0.15, 0.2) is 5.69 Å². The van der Waals surface area contributed by atoms with Crippen LogP contribution >= 0.6 is 11.3 Å². The maximum atomic E-state index is 13.2. The lowest BCUT2D eigenvalue weighted by molar-refractivity contribution is 0.100. The second kappa shape index (κ2) is 9.31. The van der Waals surface area contributed by atoms with E-state index in [1.54, 1.807) is 47.3 Å². The maximum absolute atomic E-state index is 13.2. The van der Waals surface area contributed by atoms with Crippen molar-refractivity contribution < 1.29 is 4.79 Å². The molecule has 0 aliphatic heterocycles. The summed E-state index contributed by atoms with van der Waals surface area (Å²) in [6.07, 6.45) is 1.83. The summed E-state index contributed by atoms with van der Waals surface area (Å²) >= 11 is 1.65. The number of nitrogens with one attached hydrogen (secondary N) is 1. The van der Waals surface area contributed by atoms with Gasteiger partial charge < -0.3 is 0 Å². The summed E-state index contributed by atoms with van der Waals surface area (Å²) in [5.41, 5.74) is 7.84. The van der Waals surface area contributed by atoms with Crippen molar-refractivity contribution >= 4 is 28.0 Å². The van der Waals surface area contributed by atoms with Crippen molar-refractivity contribution in [2.45, 2.75) is 26.7 Å². The van der Waals surface area contributed by atoms with Gasteiger partial charge in [0.05, 0.1) is 16.1 Å². The van der Waals surface area contributed by atoms with Gasteiger partial charge in [0.2, 0.25) is 0 Å². The third-order valence-electron chi connectivity index (χ3n) is 6.11. The number of carbonyl (C=O) groups is 1. The van der Waals surface area contributed by atoms with Crippen LogP contribution in [0.4, 0.5) is 0 Å². The van der Waals surface area contributed by atoms with Crippen molar-refractivity contribution in [1.82, 2.24) is 19.4 Å². The van der Waals surface area contributed by atoms with Crippen LogP contribution in [0.5, 0.6) is 0 Å². The quantitative estimate of drug-likeness (QED) is 0.381. The number of aromatic nitrogens is 4. The van der Waals surface area contributed by atoms with Crippen LogP contribution in [0.15, 0.2) is 70.8 Å². The standard InChI is InChI=1S/C27H25N5O2S/c1-17-15-22(23-16-35-24(28-23)14-13-19-9-5-4-6-10-19)18(2)32(17)30-26(33)25-20-11-7-8-12-21(20)27(34)31(3)29-25/h4-12,15-16H,13-14H2,1-3H3,(H,30,33). The van der Waals surface area contributed by atoms with E-state index in [4.69, 9.17) is 4.98 Å². The molecule has 0 spiro atoms. The second-order valence-electron chi connectivity index (χ2n) is 8.50. The normalized spacial score (nSPS) is 11.2. The third kappa shape index (κ3) is 4.40. The van der Waals surface area contributed by atoms with Crippen LogP contribution in [0.2, 0.25) is 0 Å². The first-order valence-corrected chi connectivity index (χ1v) is 12.3. The zero-order valence-corrected chi connectivity index (χ0v) is 20.6. The summed E-state index contributed by atoms with van der Waals surface area (Å²) in [7, 11) is 1.55. The Hall–Kier alpha value is -4.04. The van der Waals surface area contributed by atoms with Crippen molar-refractivity contribution in [3.8, 4) is 11.3 Å². The highest BCUT2D eigenvalue weighted by Gasteiger charge is 2.19. The molecule has 0 unspecified atom stereocenters. The molecule has 0 aliphatic carbocycles. The highest BCUT2D eigenvalue weighted by Crippen LogP contribution is 2.28. The molecule has 2 aromatic carbocycles. The number of nitrogens with zero attached hydrogens (tertiary/aromatic N) is 4. The van der Waals surface area contributed by atoms with Crippen LogP contribution in [0.1, 0.15) is 32.4 Å². The van der Waals surface area contributed by atoms with Crippen LogP contribution in [-0.4, -0.2) is 25.3 Å². The van der Waals surface area contributed by atoms with Crippen molar-refractivity contribution in [2.75, 3.05) is 5.43 Å². The molecule has 3 heterocycles. The number of amides is 1. The topological polar surface area (TPSA) is 81.8 Å². The van der Waals surface area contributed by atoms with Gasteiger partial charge >= 0.3 is 0 Å². The summed E-state index contributed by atoms with van der Waals surface area (Å²) in [4.78, 5) is 30.5. The molecule has 0 saturated carbocycles. The first-order chi connectivity index (χ1) is 16.9. The van der Waals surface area contributed by atoms with E-state index >= 15 is 0 Å². The number of thiazole rings is 1. The predicted octanol–water partition coefficient (Wildman–Crippen LogP) is 4.64. The maximum Gasteiger partial charge on any atom is 0.291 e. The van der Waals surface area contributed by atoms with Crippen molar-refractivity contribution in [2.24, 2.45) is 7.05 Å². The average molecular weight is 484 g/mol. The molecule has 35 heavy (non-hydrogen) atoms. The summed E-state index contributed by atoms with van der Waals surface area (Å²) in [5.74, 6) is -0.382. The fraction of sp³-hybridized carbons (Fsp3) is 0.185. The van der Waals surface area contributed by atoms with Gasteiger partial charge in [-0.05, 0) is 38.0 Å². The summed E-state index contributed by atoms with van der Waals surface area (Å²) in [6.45, 7) is 3.89. The first kappa shape index (κ1) is 22.7. The predicted molar refractivity (Wildman–Crippen MR) is 140 cm³/mol. The van der Waals surface area contributed by atoms with Gasteiger partial charge in [-0.2, -0.15) is 5.10 Å². The average Bonchev–Trinajstić information content (AvgIpc) is 3.45. The molecule has 0 saturated heterocycles. The van der Waals surface area contributed by atoms with Gasteiger partial charge in [0.25, 0.3) is 11.5 Å². The first-order valence-electron chi connectivity index (χ1n) is 11.4. The van der Waals surface area contributed by atoms with Crippen LogP contribution in [-0.2, 0) is 19.9 Å². The Kier molecular flexibility index (Phi) is 6.05. The molecule has 0 atom stereocenters. The monoisotopic (exact) mass is 483 g/mol. The number of aryl methyl sites for hydroxylation is 4. The number of hydrogen-bond acceptors (Lipinski definition) is 5. The van der Waals surface area contributed by atoms with Crippen LogP contribution in [0, 0.1) is 13.8 Å². The molecular formula is C27H25N5O2S. The lowest BCUT2D eigenvalue weighted by Gasteiger charge is -2.13. The Morgan fingerprint density at radius 3 is 2.49 bits per heavy atom. The van der Waals surface area contributed by atoms with E-state index in [0.29, 0.717) is 10.8 Å². The van der Waals surface area contributed by atoms with Crippen LogP contribution in [0.3, 0.4) is 0 Å². The Morgan fingerprint density at radius 2 is 1.71 bits per heavy atom. The Morgan fingerprint density at radius 1 is 1.00 bits per heavy atom. The molecule has 5 rings (SSSR count). The number of benzene rings is 2. The van der Waals surface area contributed by atoms with E-state index in [0.717, 1.165) is 40.5 Å². The molecule has 7 nitrogen and oxygen atoms in total. The molecule has 0 radical (unpaired) electrons. The zero-order chi connectivity index (χ0) is 24.5. The Balaban J connectivity index is 1.40.